The van der Waals surface area contributed by atoms with E-state index < -0.39 is 0 Å². The molecule has 4 heteroatoms. The molecule has 0 fully saturated rings. The number of nitrogens with zero attached hydrogens (tertiary/aromatic N) is 2. The van der Waals surface area contributed by atoms with Gasteiger partial charge in [0.25, 0.3) is 0 Å². The second-order valence-electron chi connectivity index (χ2n) is 2.83. The minimum absolute atomic E-state index is 0.374. The molecule has 0 aliphatic rings. The van der Waals surface area contributed by atoms with Crippen molar-refractivity contribution in [2.45, 2.75) is 0 Å². The Kier molecular flexibility index (Phi) is 3.78. The lowest BCUT2D eigenvalue weighted by molar-refractivity contribution is 0.412. The van der Waals surface area contributed by atoms with Gasteiger partial charge in [0.15, 0.2) is 0 Å². The van der Waals surface area contributed by atoms with Crippen molar-refractivity contribution in [3.05, 3.63) is 22.7 Å². The Morgan fingerprint density at radius 3 is 2.79 bits per heavy atom. The van der Waals surface area contributed by atoms with E-state index in [1.807, 2.05) is 30.1 Å². The highest BCUT2D eigenvalue weighted by molar-refractivity contribution is 9.10. The Hall–Kier alpha value is -1.21. The summed E-state index contributed by atoms with van der Waals surface area (Å²) in [7, 11) is 3.50. The first-order valence-electron chi connectivity index (χ1n) is 4.10. The molecule has 0 atom stereocenters. The standard InChI is InChI=1S/C10H11BrN2O/c1-13(6-5-12)8-3-4-10(14-2)9(11)7-8/h3-4,7H,6H2,1-2H3. The van der Waals surface area contributed by atoms with Crippen molar-refractivity contribution >= 4 is 21.6 Å². The molecule has 0 bridgehead atoms. The molecule has 1 aromatic rings. The Balaban J connectivity index is 2.92. The number of halogens is 1. The zero-order valence-corrected chi connectivity index (χ0v) is 9.71. The topological polar surface area (TPSA) is 36.3 Å². The molecule has 1 rings (SSSR count). The Labute approximate surface area is 92.0 Å². The maximum Gasteiger partial charge on any atom is 0.133 e. The SMILES string of the molecule is COc1ccc(N(C)CC#N)cc1Br. The number of benzene rings is 1. The second kappa shape index (κ2) is 4.87. The van der Waals surface area contributed by atoms with Crippen LogP contribution in [0.1, 0.15) is 0 Å². The molecule has 0 saturated carbocycles. The highest BCUT2D eigenvalue weighted by Gasteiger charge is 2.04. The number of hydrogen-bond acceptors (Lipinski definition) is 3. The first-order chi connectivity index (χ1) is 6.69. The number of nitriles is 1. The predicted molar refractivity (Wildman–Crippen MR) is 59.6 cm³/mol. The maximum atomic E-state index is 8.54. The summed E-state index contributed by atoms with van der Waals surface area (Å²) >= 11 is 3.39. The molecule has 1 aromatic carbocycles. The van der Waals surface area contributed by atoms with E-state index in [0.29, 0.717) is 6.54 Å². The van der Waals surface area contributed by atoms with Crippen molar-refractivity contribution in [2.24, 2.45) is 0 Å². The number of hydrogen-bond donors (Lipinski definition) is 0. The van der Waals surface area contributed by atoms with Crippen molar-refractivity contribution in [3.63, 3.8) is 0 Å². The molecule has 0 aliphatic heterocycles. The molecule has 0 aliphatic carbocycles. The van der Waals surface area contributed by atoms with Gasteiger partial charge in [-0.3, -0.25) is 0 Å². The number of rotatable bonds is 3. The van der Waals surface area contributed by atoms with Gasteiger partial charge in [-0.15, -0.1) is 0 Å². The zero-order chi connectivity index (χ0) is 10.6. The second-order valence-corrected chi connectivity index (χ2v) is 3.69. The third kappa shape index (κ3) is 2.39. The van der Waals surface area contributed by atoms with E-state index in [9.17, 15) is 0 Å². The van der Waals surface area contributed by atoms with Gasteiger partial charge in [0.2, 0.25) is 0 Å². The Morgan fingerprint density at radius 1 is 1.57 bits per heavy atom. The third-order valence-corrected chi connectivity index (χ3v) is 2.50. The summed E-state index contributed by atoms with van der Waals surface area (Å²) in [5.74, 6) is 0.791. The summed E-state index contributed by atoms with van der Waals surface area (Å²) in [4.78, 5) is 1.87. The summed E-state index contributed by atoms with van der Waals surface area (Å²) in [6, 6.07) is 7.81. The van der Waals surface area contributed by atoms with Gasteiger partial charge >= 0.3 is 0 Å². The molecule has 0 aromatic heterocycles. The van der Waals surface area contributed by atoms with E-state index in [0.717, 1.165) is 15.9 Å². The van der Waals surface area contributed by atoms with Crippen molar-refractivity contribution in [2.75, 3.05) is 25.6 Å². The lowest BCUT2D eigenvalue weighted by atomic mass is 10.3. The fourth-order valence-corrected chi connectivity index (χ4v) is 1.62. The lowest BCUT2D eigenvalue weighted by Crippen LogP contribution is -2.16. The quantitative estimate of drug-likeness (QED) is 0.778. The van der Waals surface area contributed by atoms with Gasteiger partial charge < -0.3 is 9.64 Å². The van der Waals surface area contributed by atoms with Crippen LogP contribution in [0.15, 0.2) is 22.7 Å². The van der Waals surface area contributed by atoms with Gasteiger partial charge in [-0.25, -0.2) is 0 Å². The molecule has 14 heavy (non-hydrogen) atoms. The molecule has 0 amide bonds. The molecule has 0 radical (unpaired) electrons. The van der Waals surface area contributed by atoms with Gasteiger partial charge in [0, 0.05) is 12.7 Å². The normalized spacial score (nSPS) is 9.29. The Morgan fingerprint density at radius 2 is 2.29 bits per heavy atom. The number of anilines is 1. The first kappa shape index (κ1) is 10.9. The van der Waals surface area contributed by atoms with E-state index in [1.54, 1.807) is 7.11 Å². The molecule has 0 N–H and O–H groups in total. The highest BCUT2D eigenvalue weighted by Crippen LogP contribution is 2.28. The van der Waals surface area contributed by atoms with Crippen LogP contribution >= 0.6 is 15.9 Å². The highest BCUT2D eigenvalue weighted by atomic mass is 79.9. The van der Waals surface area contributed by atoms with Gasteiger partial charge in [-0.1, -0.05) is 0 Å². The Bertz CT molecular complexity index is 360. The van der Waals surface area contributed by atoms with Crippen LogP contribution in [0.25, 0.3) is 0 Å². The molecular formula is C10H11BrN2O. The minimum atomic E-state index is 0.374. The molecule has 0 unspecified atom stereocenters. The molecule has 74 valence electrons. The van der Waals surface area contributed by atoms with Crippen LogP contribution < -0.4 is 9.64 Å². The average Bonchev–Trinajstić information content (AvgIpc) is 2.18. The van der Waals surface area contributed by atoms with Gasteiger partial charge in [0.1, 0.15) is 12.3 Å². The molecule has 3 nitrogen and oxygen atoms in total. The first-order valence-corrected chi connectivity index (χ1v) is 4.90. The number of methoxy groups -OCH3 is 1. The van der Waals surface area contributed by atoms with E-state index in [-0.39, 0.29) is 0 Å². The molecular weight excluding hydrogens is 244 g/mol. The van der Waals surface area contributed by atoms with Crippen LogP contribution in [0, 0.1) is 11.3 Å². The summed E-state index contributed by atoms with van der Waals surface area (Å²) in [5.41, 5.74) is 0.985. The van der Waals surface area contributed by atoms with Gasteiger partial charge in [-0.2, -0.15) is 5.26 Å². The number of ether oxygens (including phenoxy) is 1. The third-order valence-electron chi connectivity index (χ3n) is 1.88. The average molecular weight is 255 g/mol. The smallest absolute Gasteiger partial charge is 0.133 e. The van der Waals surface area contributed by atoms with Gasteiger partial charge in [-0.05, 0) is 34.1 Å². The fraction of sp³-hybridized carbons (Fsp3) is 0.300. The van der Waals surface area contributed by atoms with Crippen molar-refractivity contribution in [1.82, 2.24) is 0 Å². The van der Waals surface area contributed by atoms with Crippen LogP contribution in [-0.4, -0.2) is 20.7 Å². The zero-order valence-electron chi connectivity index (χ0n) is 8.12. The van der Waals surface area contributed by atoms with Crippen LogP contribution in [0.2, 0.25) is 0 Å². The lowest BCUT2D eigenvalue weighted by Gasteiger charge is -2.16. The van der Waals surface area contributed by atoms with E-state index >= 15 is 0 Å². The summed E-state index contributed by atoms with van der Waals surface area (Å²) in [5, 5.41) is 8.54. The van der Waals surface area contributed by atoms with E-state index in [4.69, 9.17) is 10.00 Å². The maximum absolute atomic E-state index is 8.54. The van der Waals surface area contributed by atoms with Crippen LogP contribution in [0.4, 0.5) is 5.69 Å². The summed E-state index contributed by atoms with van der Waals surface area (Å²) in [6.45, 7) is 0.374. The van der Waals surface area contributed by atoms with Crippen LogP contribution in [0.5, 0.6) is 5.75 Å². The fourth-order valence-electron chi connectivity index (χ4n) is 1.09. The summed E-state index contributed by atoms with van der Waals surface area (Å²) < 4.78 is 6.00. The van der Waals surface area contributed by atoms with Crippen LogP contribution in [0.3, 0.4) is 0 Å². The van der Waals surface area contributed by atoms with Crippen molar-refractivity contribution < 1.29 is 4.74 Å². The molecule has 0 spiro atoms. The van der Waals surface area contributed by atoms with Gasteiger partial charge in [0.05, 0.1) is 17.7 Å². The summed E-state index contributed by atoms with van der Waals surface area (Å²) in [6.07, 6.45) is 0. The van der Waals surface area contributed by atoms with Crippen molar-refractivity contribution in [1.29, 1.82) is 5.26 Å². The van der Waals surface area contributed by atoms with E-state index in [2.05, 4.69) is 22.0 Å². The van der Waals surface area contributed by atoms with Crippen molar-refractivity contribution in [3.8, 4) is 11.8 Å². The van der Waals surface area contributed by atoms with Crippen LogP contribution in [-0.2, 0) is 0 Å². The minimum Gasteiger partial charge on any atom is -0.496 e. The monoisotopic (exact) mass is 254 g/mol. The largest absolute Gasteiger partial charge is 0.496 e. The molecule has 0 heterocycles. The van der Waals surface area contributed by atoms with E-state index in [1.165, 1.54) is 0 Å². The predicted octanol–water partition coefficient (Wildman–Crippen LogP) is 2.42. The molecule has 0 saturated heterocycles.